The third kappa shape index (κ3) is 2.10. The number of hydrogen-bond donors (Lipinski definition) is 0. The Balaban J connectivity index is 1.93. The quantitative estimate of drug-likeness (QED) is 0.776. The average molecular weight is 273 g/mol. The highest BCUT2D eigenvalue weighted by atomic mass is 16.7. The molecule has 3 rings (SSSR count). The van der Waals surface area contributed by atoms with Crippen LogP contribution in [0.1, 0.15) is 58.7 Å². The van der Waals surface area contributed by atoms with Crippen LogP contribution in [0.3, 0.4) is 0 Å². The third-order valence-electron chi connectivity index (χ3n) is 5.18. The van der Waals surface area contributed by atoms with Gasteiger partial charge in [-0.2, -0.15) is 0 Å². The molecule has 0 unspecified atom stereocenters. The van der Waals surface area contributed by atoms with Crippen molar-refractivity contribution in [3.8, 4) is 0 Å². The second kappa shape index (κ2) is 4.08. The molecule has 3 nitrogen and oxygen atoms in total. The van der Waals surface area contributed by atoms with Crippen LogP contribution in [0.4, 0.5) is 0 Å². The van der Waals surface area contributed by atoms with Crippen molar-refractivity contribution in [1.29, 1.82) is 0 Å². The van der Waals surface area contributed by atoms with Gasteiger partial charge in [-0.1, -0.05) is 13.0 Å². The van der Waals surface area contributed by atoms with Gasteiger partial charge in [-0.25, -0.2) is 0 Å². The van der Waals surface area contributed by atoms with Gasteiger partial charge in [-0.05, 0) is 59.1 Å². The Morgan fingerprint density at radius 2 is 1.55 bits per heavy atom. The van der Waals surface area contributed by atoms with Gasteiger partial charge in [0, 0.05) is 11.1 Å². The van der Waals surface area contributed by atoms with E-state index in [1.54, 1.807) is 0 Å². The fraction of sp³-hybridized carbons (Fsp3) is 0.688. The van der Waals surface area contributed by atoms with Crippen molar-refractivity contribution in [3.05, 3.63) is 23.4 Å². The Kier molecular flexibility index (Phi) is 2.87. The van der Waals surface area contributed by atoms with E-state index < -0.39 is 0 Å². The highest BCUT2D eigenvalue weighted by Gasteiger charge is 2.52. The van der Waals surface area contributed by atoms with Gasteiger partial charge in [-0.15, -0.1) is 0 Å². The summed E-state index contributed by atoms with van der Waals surface area (Å²) in [5.41, 5.74) is 3.03. The zero-order chi connectivity index (χ0) is 14.8. The van der Waals surface area contributed by atoms with E-state index in [-0.39, 0.29) is 23.7 Å². The Morgan fingerprint density at radius 3 is 2.05 bits per heavy atom. The summed E-state index contributed by atoms with van der Waals surface area (Å²) in [5.74, 6) is 0. The molecule has 0 N–H and O–H groups in total. The molecule has 0 bridgehead atoms. The standard InChI is InChI=1S/C16H24BNO2/c1-11-7-8-12(18-13(11)16(6)9-10-16)17-19-14(2,3)15(4,5)20-17/h7-8H,9-10H2,1-6H3. The molecule has 0 spiro atoms. The van der Waals surface area contributed by atoms with Gasteiger partial charge >= 0.3 is 7.12 Å². The molecule has 1 saturated heterocycles. The van der Waals surface area contributed by atoms with Gasteiger partial charge in [0.25, 0.3) is 0 Å². The molecule has 2 heterocycles. The lowest BCUT2D eigenvalue weighted by Crippen LogP contribution is -2.41. The predicted octanol–water partition coefficient (Wildman–Crippen LogP) is 2.74. The molecule has 20 heavy (non-hydrogen) atoms. The summed E-state index contributed by atoms with van der Waals surface area (Å²) >= 11 is 0. The maximum Gasteiger partial charge on any atom is 0.514 e. The zero-order valence-electron chi connectivity index (χ0n) is 13.4. The van der Waals surface area contributed by atoms with E-state index in [0.717, 1.165) is 5.59 Å². The van der Waals surface area contributed by atoms with Crippen LogP contribution >= 0.6 is 0 Å². The minimum Gasteiger partial charge on any atom is -0.398 e. The van der Waals surface area contributed by atoms with Gasteiger partial charge in [0.15, 0.2) is 0 Å². The van der Waals surface area contributed by atoms with Crippen molar-refractivity contribution in [1.82, 2.24) is 4.98 Å². The number of aromatic nitrogens is 1. The van der Waals surface area contributed by atoms with E-state index in [1.165, 1.54) is 24.1 Å². The number of rotatable bonds is 2. The fourth-order valence-corrected chi connectivity index (χ4v) is 2.67. The van der Waals surface area contributed by atoms with E-state index in [1.807, 2.05) is 6.07 Å². The van der Waals surface area contributed by atoms with E-state index in [0.29, 0.717) is 0 Å². The molecule has 1 aromatic rings. The first-order valence-electron chi connectivity index (χ1n) is 7.48. The van der Waals surface area contributed by atoms with Crippen LogP contribution in [0.15, 0.2) is 12.1 Å². The molecule has 1 aliphatic carbocycles. The van der Waals surface area contributed by atoms with Crippen molar-refractivity contribution in [2.75, 3.05) is 0 Å². The average Bonchev–Trinajstić information content (AvgIpc) is 3.02. The second-order valence-corrected chi connectivity index (χ2v) is 7.55. The molecule has 2 aliphatic rings. The maximum atomic E-state index is 6.09. The summed E-state index contributed by atoms with van der Waals surface area (Å²) in [6.45, 7) is 12.7. The number of hydrogen-bond acceptors (Lipinski definition) is 3. The summed E-state index contributed by atoms with van der Waals surface area (Å²) in [5, 5.41) is 0. The third-order valence-corrected chi connectivity index (χ3v) is 5.18. The second-order valence-electron chi connectivity index (χ2n) is 7.55. The highest BCUT2D eigenvalue weighted by molar-refractivity contribution is 6.61. The van der Waals surface area contributed by atoms with Crippen molar-refractivity contribution in [3.63, 3.8) is 0 Å². The Labute approximate surface area is 122 Å². The molecule has 0 radical (unpaired) electrons. The van der Waals surface area contributed by atoms with E-state index in [4.69, 9.17) is 14.3 Å². The molecule has 1 aliphatic heterocycles. The number of pyridine rings is 1. The molecular formula is C16H24BNO2. The summed E-state index contributed by atoms with van der Waals surface area (Å²) < 4.78 is 12.2. The molecule has 4 heteroatoms. The summed E-state index contributed by atoms with van der Waals surface area (Å²) in [6.07, 6.45) is 2.46. The molecule has 1 aromatic heterocycles. The number of nitrogens with zero attached hydrogens (tertiary/aromatic N) is 1. The van der Waals surface area contributed by atoms with Crippen molar-refractivity contribution < 1.29 is 9.31 Å². The lowest BCUT2D eigenvalue weighted by molar-refractivity contribution is 0.00578. The Morgan fingerprint density at radius 1 is 1.00 bits per heavy atom. The highest BCUT2D eigenvalue weighted by Crippen LogP contribution is 2.47. The lowest BCUT2D eigenvalue weighted by atomic mass is 9.83. The summed E-state index contributed by atoms with van der Waals surface area (Å²) in [6, 6.07) is 4.18. The maximum absolute atomic E-state index is 6.09. The first-order chi connectivity index (χ1) is 9.15. The SMILES string of the molecule is Cc1ccc(B2OC(C)(C)C(C)(C)O2)nc1C1(C)CC1. The van der Waals surface area contributed by atoms with Crippen molar-refractivity contribution >= 4 is 12.7 Å². The molecule has 0 atom stereocenters. The molecule has 0 aromatic carbocycles. The van der Waals surface area contributed by atoms with Gasteiger partial charge in [0.1, 0.15) is 0 Å². The monoisotopic (exact) mass is 273 g/mol. The summed E-state index contributed by atoms with van der Waals surface area (Å²) in [4.78, 5) is 4.87. The molecule has 1 saturated carbocycles. The van der Waals surface area contributed by atoms with Gasteiger partial charge in [0.05, 0.1) is 16.8 Å². The minimum absolute atomic E-state index is 0.268. The van der Waals surface area contributed by atoms with Crippen LogP contribution in [0.25, 0.3) is 0 Å². The van der Waals surface area contributed by atoms with Crippen molar-refractivity contribution in [2.24, 2.45) is 0 Å². The van der Waals surface area contributed by atoms with Crippen LogP contribution in [-0.2, 0) is 14.7 Å². The molecule has 108 valence electrons. The summed E-state index contributed by atoms with van der Waals surface area (Å²) in [7, 11) is -0.360. The van der Waals surface area contributed by atoms with Crippen molar-refractivity contribution in [2.45, 2.75) is 71.0 Å². The minimum atomic E-state index is -0.360. The predicted molar refractivity (Wildman–Crippen MR) is 81.3 cm³/mol. The Hall–Kier alpha value is -0.865. The first-order valence-corrected chi connectivity index (χ1v) is 7.48. The van der Waals surface area contributed by atoms with Crippen LogP contribution in [0.5, 0.6) is 0 Å². The van der Waals surface area contributed by atoms with Gasteiger partial charge < -0.3 is 9.31 Å². The topological polar surface area (TPSA) is 31.4 Å². The van der Waals surface area contributed by atoms with E-state index in [9.17, 15) is 0 Å². The first kappa shape index (κ1) is 14.1. The van der Waals surface area contributed by atoms with Crippen LogP contribution < -0.4 is 5.59 Å². The fourth-order valence-electron chi connectivity index (χ4n) is 2.67. The number of aryl methyl sites for hydroxylation is 1. The normalized spacial score (nSPS) is 25.8. The van der Waals surface area contributed by atoms with Gasteiger partial charge in [0.2, 0.25) is 0 Å². The van der Waals surface area contributed by atoms with Crippen LogP contribution in [0.2, 0.25) is 0 Å². The molecule has 0 amide bonds. The van der Waals surface area contributed by atoms with E-state index in [2.05, 4.69) is 47.6 Å². The van der Waals surface area contributed by atoms with Crippen LogP contribution in [-0.4, -0.2) is 23.3 Å². The zero-order valence-corrected chi connectivity index (χ0v) is 13.4. The van der Waals surface area contributed by atoms with Crippen LogP contribution in [0, 0.1) is 6.92 Å². The smallest absolute Gasteiger partial charge is 0.398 e. The lowest BCUT2D eigenvalue weighted by Gasteiger charge is -2.32. The van der Waals surface area contributed by atoms with E-state index >= 15 is 0 Å². The Bertz CT molecular complexity index is 533. The molecular weight excluding hydrogens is 249 g/mol. The largest absolute Gasteiger partial charge is 0.514 e. The van der Waals surface area contributed by atoms with Gasteiger partial charge in [-0.3, -0.25) is 4.98 Å². The molecule has 2 fully saturated rings.